The summed E-state index contributed by atoms with van der Waals surface area (Å²) in [5, 5.41) is 7.87. The molecule has 6 nitrogen and oxygen atoms in total. The number of aromatic nitrogens is 4. The van der Waals surface area contributed by atoms with Crippen LogP contribution in [-0.2, 0) is 0 Å². The number of nitrogens with zero attached hydrogens (tertiary/aromatic N) is 3. The van der Waals surface area contributed by atoms with E-state index in [9.17, 15) is 4.79 Å². The van der Waals surface area contributed by atoms with Crippen molar-refractivity contribution in [3.8, 4) is 0 Å². The van der Waals surface area contributed by atoms with Gasteiger partial charge in [0.2, 0.25) is 0 Å². The van der Waals surface area contributed by atoms with Crippen molar-refractivity contribution in [1.29, 1.82) is 0 Å². The van der Waals surface area contributed by atoms with Gasteiger partial charge in [-0.2, -0.15) is 0 Å². The van der Waals surface area contributed by atoms with E-state index >= 15 is 0 Å². The van der Waals surface area contributed by atoms with Gasteiger partial charge in [-0.3, -0.25) is 4.57 Å². The molecule has 19 heavy (non-hydrogen) atoms. The second-order valence-electron chi connectivity index (χ2n) is 4.60. The van der Waals surface area contributed by atoms with Gasteiger partial charge in [0.15, 0.2) is 5.16 Å². The SMILES string of the molecule is CC(N)c1ccc(Sc2n[nH]c(=O)n2C(C)C)nc1. The third kappa shape index (κ3) is 3.05. The summed E-state index contributed by atoms with van der Waals surface area (Å²) >= 11 is 1.35. The van der Waals surface area contributed by atoms with Gasteiger partial charge in [-0.1, -0.05) is 6.07 Å². The molecular weight excluding hydrogens is 262 g/mol. The van der Waals surface area contributed by atoms with E-state index in [4.69, 9.17) is 5.73 Å². The molecule has 0 amide bonds. The van der Waals surface area contributed by atoms with Gasteiger partial charge in [-0.05, 0) is 44.2 Å². The highest BCUT2D eigenvalue weighted by atomic mass is 32.2. The summed E-state index contributed by atoms with van der Waals surface area (Å²) in [5.74, 6) is 0. The molecule has 0 saturated heterocycles. The largest absolute Gasteiger partial charge is 0.344 e. The first-order valence-corrected chi connectivity index (χ1v) is 6.87. The van der Waals surface area contributed by atoms with Crippen molar-refractivity contribution in [2.24, 2.45) is 5.73 Å². The van der Waals surface area contributed by atoms with Crippen molar-refractivity contribution >= 4 is 11.8 Å². The second kappa shape index (κ2) is 5.58. The zero-order chi connectivity index (χ0) is 14.0. The van der Waals surface area contributed by atoms with Crippen LogP contribution in [0.2, 0.25) is 0 Å². The standard InChI is InChI=1S/C12H17N5OS/c1-7(2)17-11(18)15-16-12(17)19-10-5-4-9(6-14-10)8(3)13/h4-8H,13H2,1-3H3,(H,15,18). The first-order valence-electron chi connectivity index (χ1n) is 6.05. The Bertz CT molecular complexity index is 599. The number of nitrogens with one attached hydrogen (secondary N) is 1. The van der Waals surface area contributed by atoms with Crippen LogP contribution in [-0.4, -0.2) is 19.7 Å². The minimum absolute atomic E-state index is 0.0363. The van der Waals surface area contributed by atoms with Crippen LogP contribution in [0.25, 0.3) is 0 Å². The molecule has 2 aromatic rings. The average Bonchev–Trinajstić information content (AvgIpc) is 2.71. The Morgan fingerprint density at radius 3 is 2.63 bits per heavy atom. The van der Waals surface area contributed by atoms with Gasteiger partial charge in [0.05, 0.1) is 0 Å². The fourth-order valence-electron chi connectivity index (χ4n) is 1.63. The smallest absolute Gasteiger partial charge is 0.324 e. The molecule has 1 unspecified atom stereocenters. The van der Waals surface area contributed by atoms with E-state index in [1.807, 2.05) is 32.9 Å². The number of H-pyrrole nitrogens is 1. The van der Waals surface area contributed by atoms with Gasteiger partial charge in [0.25, 0.3) is 0 Å². The molecule has 0 aliphatic carbocycles. The van der Waals surface area contributed by atoms with E-state index in [2.05, 4.69) is 15.2 Å². The van der Waals surface area contributed by atoms with Gasteiger partial charge >= 0.3 is 5.69 Å². The quantitative estimate of drug-likeness (QED) is 0.889. The van der Waals surface area contributed by atoms with Crippen LogP contribution < -0.4 is 11.4 Å². The first kappa shape index (κ1) is 13.8. The maximum atomic E-state index is 11.6. The summed E-state index contributed by atoms with van der Waals surface area (Å²) in [7, 11) is 0. The van der Waals surface area contributed by atoms with Gasteiger partial charge in [0, 0.05) is 18.3 Å². The molecule has 7 heteroatoms. The predicted molar refractivity (Wildman–Crippen MR) is 74.2 cm³/mol. The minimum Gasteiger partial charge on any atom is -0.324 e. The molecular formula is C12H17N5OS. The predicted octanol–water partition coefficient (Wildman–Crippen LogP) is 1.72. The molecule has 0 aliphatic rings. The van der Waals surface area contributed by atoms with Crippen LogP contribution in [0.3, 0.4) is 0 Å². The van der Waals surface area contributed by atoms with Crippen LogP contribution in [0, 0.1) is 0 Å². The van der Waals surface area contributed by atoms with E-state index < -0.39 is 0 Å². The lowest BCUT2D eigenvalue weighted by Gasteiger charge is -2.09. The number of hydrogen-bond acceptors (Lipinski definition) is 5. The van der Waals surface area contributed by atoms with Crippen LogP contribution in [0.15, 0.2) is 33.3 Å². The van der Waals surface area contributed by atoms with Crippen molar-refractivity contribution in [2.45, 2.75) is 43.0 Å². The molecule has 0 fully saturated rings. The van der Waals surface area contributed by atoms with Crippen LogP contribution in [0.4, 0.5) is 0 Å². The second-order valence-corrected chi connectivity index (χ2v) is 5.58. The van der Waals surface area contributed by atoms with E-state index in [0.717, 1.165) is 10.6 Å². The summed E-state index contributed by atoms with van der Waals surface area (Å²) in [6.07, 6.45) is 1.75. The maximum absolute atomic E-state index is 11.6. The van der Waals surface area contributed by atoms with Gasteiger partial charge < -0.3 is 5.73 Å². The highest BCUT2D eigenvalue weighted by Crippen LogP contribution is 2.25. The summed E-state index contributed by atoms with van der Waals surface area (Å²) in [5.41, 5.74) is 6.55. The molecule has 102 valence electrons. The number of aromatic amines is 1. The molecule has 2 aromatic heterocycles. The molecule has 0 aliphatic heterocycles. The average molecular weight is 279 g/mol. The summed E-state index contributed by atoms with van der Waals surface area (Å²) in [6, 6.07) is 3.83. The molecule has 2 heterocycles. The van der Waals surface area contributed by atoms with Gasteiger partial charge in [-0.25, -0.2) is 14.9 Å². The van der Waals surface area contributed by atoms with Crippen molar-refractivity contribution in [1.82, 2.24) is 19.7 Å². The first-order chi connectivity index (χ1) is 8.99. The monoisotopic (exact) mass is 279 g/mol. The lowest BCUT2D eigenvalue weighted by molar-refractivity contribution is 0.534. The van der Waals surface area contributed by atoms with Crippen LogP contribution in [0.1, 0.15) is 38.4 Å². The van der Waals surface area contributed by atoms with Crippen LogP contribution >= 0.6 is 11.8 Å². The lowest BCUT2D eigenvalue weighted by Crippen LogP contribution is -2.19. The van der Waals surface area contributed by atoms with Gasteiger partial charge in [-0.15, -0.1) is 5.10 Å². The van der Waals surface area contributed by atoms with Crippen molar-refractivity contribution < 1.29 is 0 Å². The third-order valence-electron chi connectivity index (χ3n) is 2.67. The Morgan fingerprint density at radius 1 is 1.37 bits per heavy atom. The third-order valence-corrected chi connectivity index (χ3v) is 3.59. The Labute approximate surface area is 115 Å². The Hall–Kier alpha value is -1.60. The van der Waals surface area contributed by atoms with E-state index in [0.29, 0.717) is 5.16 Å². The summed E-state index contributed by atoms with van der Waals surface area (Å²) in [4.78, 5) is 15.9. The molecule has 2 rings (SSSR count). The zero-order valence-corrected chi connectivity index (χ0v) is 11.9. The highest BCUT2D eigenvalue weighted by molar-refractivity contribution is 7.99. The maximum Gasteiger partial charge on any atom is 0.344 e. The fourth-order valence-corrected chi connectivity index (χ4v) is 2.54. The molecule has 0 bridgehead atoms. The van der Waals surface area contributed by atoms with E-state index in [-0.39, 0.29) is 17.8 Å². The fraction of sp³-hybridized carbons (Fsp3) is 0.417. The highest BCUT2D eigenvalue weighted by Gasteiger charge is 2.13. The lowest BCUT2D eigenvalue weighted by atomic mass is 10.2. The van der Waals surface area contributed by atoms with Gasteiger partial charge in [0.1, 0.15) is 5.03 Å². The zero-order valence-electron chi connectivity index (χ0n) is 11.1. The summed E-state index contributed by atoms with van der Waals surface area (Å²) in [6.45, 7) is 5.79. The van der Waals surface area contributed by atoms with Crippen LogP contribution in [0.5, 0.6) is 0 Å². The topological polar surface area (TPSA) is 89.6 Å². The van der Waals surface area contributed by atoms with Crippen molar-refractivity contribution in [3.05, 3.63) is 34.4 Å². The normalized spacial score (nSPS) is 12.9. The van der Waals surface area contributed by atoms with E-state index in [1.54, 1.807) is 10.8 Å². The molecule has 0 radical (unpaired) electrons. The molecule has 1 atom stereocenters. The molecule has 0 spiro atoms. The minimum atomic E-state index is -0.204. The number of nitrogens with two attached hydrogens (primary N) is 1. The Kier molecular flexibility index (Phi) is 4.06. The molecule has 3 N–H and O–H groups in total. The Balaban J connectivity index is 2.24. The number of hydrogen-bond donors (Lipinski definition) is 2. The number of pyridine rings is 1. The molecule has 0 aromatic carbocycles. The Morgan fingerprint density at radius 2 is 2.11 bits per heavy atom. The van der Waals surface area contributed by atoms with Crippen molar-refractivity contribution in [3.63, 3.8) is 0 Å². The summed E-state index contributed by atoms with van der Waals surface area (Å²) < 4.78 is 1.60. The van der Waals surface area contributed by atoms with E-state index in [1.165, 1.54) is 11.8 Å². The number of rotatable bonds is 4. The molecule has 0 saturated carbocycles. The van der Waals surface area contributed by atoms with Crippen molar-refractivity contribution in [2.75, 3.05) is 0 Å².